The summed E-state index contributed by atoms with van der Waals surface area (Å²) in [6.45, 7) is 6.80. The highest BCUT2D eigenvalue weighted by Crippen LogP contribution is 2.65. The van der Waals surface area contributed by atoms with Crippen LogP contribution in [0.2, 0.25) is 0 Å². The molecule has 4 fully saturated rings. The monoisotopic (exact) mass is 363 g/mol. The van der Waals surface area contributed by atoms with Crippen molar-refractivity contribution in [2.75, 3.05) is 6.61 Å². The van der Waals surface area contributed by atoms with E-state index in [9.17, 15) is 14.7 Å². The smallest absolute Gasteiger partial charge is 0.309 e. The van der Waals surface area contributed by atoms with Gasteiger partial charge in [-0.15, -0.1) is 0 Å². The van der Waals surface area contributed by atoms with Gasteiger partial charge in [-0.05, 0) is 74.0 Å². The molecule has 0 spiro atoms. The lowest BCUT2D eigenvalue weighted by Crippen LogP contribution is -2.64. The molecule has 8 atom stereocenters. The Hall–Kier alpha value is -1.10. The van der Waals surface area contributed by atoms with E-state index in [1.807, 2.05) is 6.92 Å². The highest BCUT2D eigenvalue weighted by atomic mass is 16.5. The molecule has 146 valence electrons. The molecular formula is C21H33NO4. The molecule has 0 radical (unpaired) electrons. The first-order valence-electron chi connectivity index (χ1n) is 10.5. The lowest BCUT2D eigenvalue weighted by atomic mass is 9.45. The predicted molar refractivity (Wildman–Crippen MR) is 97.1 cm³/mol. The summed E-state index contributed by atoms with van der Waals surface area (Å²) in [7, 11) is 0. The van der Waals surface area contributed by atoms with Crippen LogP contribution in [0, 0.1) is 34.5 Å². The van der Waals surface area contributed by atoms with Crippen LogP contribution < -0.4 is 5.32 Å². The van der Waals surface area contributed by atoms with Crippen LogP contribution in [-0.2, 0) is 14.3 Å². The normalized spacial score (nSPS) is 50.2. The first kappa shape index (κ1) is 18.3. The number of piperidine rings is 1. The Balaban J connectivity index is 1.73. The van der Waals surface area contributed by atoms with Crippen LogP contribution >= 0.6 is 0 Å². The number of fused-ring (bicyclic) bond motifs is 5. The van der Waals surface area contributed by atoms with Gasteiger partial charge >= 0.3 is 5.97 Å². The summed E-state index contributed by atoms with van der Waals surface area (Å²) in [6.07, 6.45) is 5.83. The van der Waals surface area contributed by atoms with Gasteiger partial charge in [0.25, 0.3) is 0 Å². The summed E-state index contributed by atoms with van der Waals surface area (Å²) in [5, 5.41) is 13.9. The minimum Gasteiger partial charge on any atom is -0.466 e. The Bertz CT molecular complexity index is 607. The summed E-state index contributed by atoms with van der Waals surface area (Å²) in [5.74, 6) is 0.911. The summed E-state index contributed by atoms with van der Waals surface area (Å²) in [5.41, 5.74) is -0.0243. The molecule has 3 aliphatic carbocycles. The lowest BCUT2D eigenvalue weighted by molar-refractivity contribution is -0.174. The Labute approximate surface area is 156 Å². The molecule has 26 heavy (non-hydrogen) atoms. The van der Waals surface area contributed by atoms with Gasteiger partial charge in [-0.3, -0.25) is 9.59 Å². The van der Waals surface area contributed by atoms with Crippen molar-refractivity contribution in [3.63, 3.8) is 0 Å². The zero-order chi connectivity index (χ0) is 18.7. The molecule has 0 aromatic heterocycles. The summed E-state index contributed by atoms with van der Waals surface area (Å²) in [6, 6.07) is 0.0649. The largest absolute Gasteiger partial charge is 0.466 e. The number of esters is 1. The first-order chi connectivity index (χ1) is 12.3. The quantitative estimate of drug-likeness (QED) is 0.740. The van der Waals surface area contributed by atoms with Gasteiger partial charge in [-0.2, -0.15) is 0 Å². The van der Waals surface area contributed by atoms with Gasteiger partial charge in [0.15, 0.2) is 0 Å². The fraction of sp³-hybridized carbons (Fsp3) is 0.905. The molecule has 4 rings (SSSR count). The number of ether oxygens (including phenoxy) is 1. The molecule has 0 aromatic rings. The second kappa shape index (κ2) is 6.22. The Kier molecular flexibility index (Phi) is 4.37. The molecule has 0 aromatic carbocycles. The average molecular weight is 363 g/mol. The van der Waals surface area contributed by atoms with Crippen LogP contribution in [-0.4, -0.2) is 35.7 Å². The first-order valence-corrected chi connectivity index (χ1v) is 10.5. The fourth-order valence-corrected chi connectivity index (χ4v) is 7.17. The van der Waals surface area contributed by atoms with E-state index in [0.717, 1.165) is 32.1 Å². The van der Waals surface area contributed by atoms with Crippen molar-refractivity contribution in [3.05, 3.63) is 0 Å². The Morgan fingerprint density at radius 1 is 1.19 bits per heavy atom. The van der Waals surface area contributed by atoms with E-state index in [2.05, 4.69) is 19.2 Å². The number of aliphatic hydroxyl groups is 1. The van der Waals surface area contributed by atoms with Crippen molar-refractivity contribution in [1.29, 1.82) is 0 Å². The van der Waals surface area contributed by atoms with Gasteiger partial charge in [0.2, 0.25) is 5.91 Å². The summed E-state index contributed by atoms with van der Waals surface area (Å²) < 4.78 is 5.46. The molecule has 0 unspecified atom stereocenters. The number of aliphatic hydroxyl groups excluding tert-OH is 1. The molecule has 1 heterocycles. The minimum atomic E-state index is -0.257. The van der Waals surface area contributed by atoms with E-state index in [0.29, 0.717) is 31.3 Å². The van der Waals surface area contributed by atoms with E-state index in [1.54, 1.807) is 0 Å². The van der Waals surface area contributed by atoms with Crippen molar-refractivity contribution < 1.29 is 19.4 Å². The maximum atomic E-state index is 12.9. The van der Waals surface area contributed by atoms with E-state index < -0.39 is 0 Å². The number of carbonyl (C=O) groups excluding carboxylic acids is 2. The van der Waals surface area contributed by atoms with E-state index in [-0.39, 0.29) is 46.7 Å². The number of hydrogen-bond acceptors (Lipinski definition) is 4. The summed E-state index contributed by atoms with van der Waals surface area (Å²) in [4.78, 5) is 24.9. The molecule has 5 heteroatoms. The highest BCUT2D eigenvalue weighted by Gasteiger charge is 2.64. The topological polar surface area (TPSA) is 75.6 Å². The molecule has 0 bridgehead atoms. The van der Waals surface area contributed by atoms with Gasteiger partial charge in [0.1, 0.15) is 0 Å². The Morgan fingerprint density at radius 2 is 1.92 bits per heavy atom. The molecule has 2 N–H and O–H groups in total. The molecular weight excluding hydrogens is 330 g/mol. The zero-order valence-corrected chi connectivity index (χ0v) is 16.3. The van der Waals surface area contributed by atoms with Crippen molar-refractivity contribution >= 4 is 11.9 Å². The van der Waals surface area contributed by atoms with E-state index in [4.69, 9.17) is 4.74 Å². The minimum absolute atomic E-state index is 0.0520. The maximum absolute atomic E-state index is 12.9. The summed E-state index contributed by atoms with van der Waals surface area (Å²) >= 11 is 0. The molecule has 1 amide bonds. The van der Waals surface area contributed by atoms with Crippen LogP contribution in [0.3, 0.4) is 0 Å². The third-order valence-corrected chi connectivity index (χ3v) is 8.70. The number of carbonyl (C=O) groups is 2. The van der Waals surface area contributed by atoms with Gasteiger partial charge < -0.3 is 15.2 Å². The van der Waals surface area contributed by atoms with E-state index >= 15 is 0 Å². The van der Waals surface area contributed by atoms with Crippen molar-refractivity contribution in [2.45, 2.75) is 77.9 Å². The van der Waals surface area contributed by atoms with Crippen LogP contribution in [0.4, 0.5) is 0 Å². The molecule has 1 saturated heterocycles. The third-order valence-electron chi connectivity index (χ3n) is 8.70. The van der Waals surface area contributed by atoms with Gasteiger partial charge in [-0.1, -0.05) is 13.8 Å². The standard InChI is InChI=1S/C21H33NO4/c1-4-26-19(25)12-11-15-20(2,10-8-17(24)22-15)14-7-9-21(3)13(18(12)14)5-6-16(21)23/h12-16,18,23H,4-11H2,1-3H3,(H,22,24)/t12-,13-,14-,15+,16-,18-,20+,21-/m0/s1. The van der Waals surface area contributed by atoms with Gasteiger partial charge in [-0.25, -0.2) is 0 Å². The maximum Gasteiger partial charge on any atom is 0.309 e. The SMILES string of the molecule is CCOC(=O)[C@H]1C[C@H]2NC(=O)CC[C@]2(C)[C@H]2CC[C@]3(C)[C@@H](O)CC[C@H]3[C@H]12. The molecule has 5 nitrogen and oxygen atoms in total. The van der Waals surface area contributed by atoms with Crippen molar-refractivity contribution in [2.24, 2.45) is 34.5 Å². The van der Waals surface area contributed by atoms with E-state index in [1.165, 1.54) is 0 Å². The molecule has 3 saturated carbocycles. The second-order valence-electron chi connectivity index (χ2n) is 9.65. The predicted octanol–water partition coefficient (Wildman–Crippen LogP) is 2.66. The fourth-order valence-electron chi connectivity index (χ4n) is 7.17. The van der Waals surface area contributed by atoms with Crippen LogP contribution in [0.25, 0.3) is 0 Å². The Morgan fingerprint density at radius 3 is 2.65 bits per heavy atom. The second-order valence-corrected chi connectivity index (χ2v) is 9.65. The van der Waals surface area contributed by atoms with Crippen LogP contribution in [0.1, 0.15) is 65.7 Å². The number of nitrogens with one attached hydrogen (secondary N) is 1. The van der Waals surface area contributed by atoms with Crippen molar-refractivity contribution in [3.8, 4) is 0 Å². The van der Waals surface area contributed by atoms with Gasteiger partial charge in [0.05, 0.1) is 18.6 Å². The number of rotatable bonds is 2. The number of amides is 1. The van der Waals surface area contributed by atoms with Crippen LogP contribution in [0.15, 0.2) is 0 Å². The molecule has 1 aliphatic heterocycles. The zero-order valence-electron chi connectivity index (χ0n) is 16.3. The van der Waals surface area contributed by atoms with Gasteiger partial charge in [0, 0.05) is 12.5 Å². The lowest BCUT2D eigenvalue weighted by Gasteiger charge is -2.61. The van der Waals surface area contributed by atoms with Crippen LogP contribution in [0.5, 0.6) is 0 Å². The third kappa shape index (κ3) is 2.45. The molecule has 4 aliphatic rings. The number of hydrogen-bond donors (Lipinski definition) is 2. The van der Waals surface area contributed by atoms with Crippen molar-refractivity contribution in [1.82, 2.24) is 5.32 Å². The average Bonchev–Trinajstić information content (AvgIpc) is 2.90. The highest BCUT2D eigenvalue weighted by molar-refractivity contribution is 5.78.